The lowest BCUT2D eigenvalue weighted by atomic mass is 10.1. The molecule has 2 atom stereocenters. The van der Waals surface area contributed by atoms with E-state index in [-0.39, 0.29) is 41.0 Å². The van der Waals surface area contributed by atoms with Crippen molar-refractivity contribution >= 4 is 45.0 Å². The minimum Gasteiger partial charge on any atom is -0.484 e. The highest BCUT2D eigenvalue weighted by atomic mass is 35.5. The molecular formula is C25H26ClF4N3O7S. The number of sulfonamides is 1. The number of nitrogens with one attached hydrogen (secondary N) is 2. The molecule has 1 fully saturated rings. The van der Waals surface area contributed by atoms with Crippen LogP contribution in [-0.2, 0) is 24.3 Å². The van der Waals surface area contributed by atoms with Crippen LogP contribution in [0.5, 0.6) is 5.75 Å². The van der Waals surface area contributed by atoms with Gasteiger partial charge in [0.1, 0.15) is 23.8 Å². The van der Waals surface area contributed by atoms with Gasteiger partial charge in [-0.1, -0.05) is 11.6 Å². The van der Waals surface area contributed by atoms with Crippen molar-refractivity contribution in [1.29, 1.82) is 0 Å². The maximum atomic E-state index is 13.8. The summed E-state index contributed by atoms with van der Waals surface area (Å²) < 4.78 is 97.2. The fraction of sp³-hybridized carbons (Fsp3) is 0.440. The van der Waals surface area contributed by atoms with Crippen LogP contribution < -0.4 is 19.7 Å². The third-order valence-corrected chi connectivity index (χ3v) is 8.44. The van der Waals surface area contributed by atoms with Crippen molar-refractivity contribution in [2.45, 2.75) is 55.6 Å². The molecule has 2 aliphatic rings. The molecule has 16 heteroatoms. The third kappa shape index (κ3) is 6.79. The Hall–Kier alpha value is -3.30. The molecule has 41 heavy (non-hydrogen) atoms. The molecule has 4 rings (SSSR count). The van der Waals surface area contributed by atoms with Gasteiger partial charge in [0.25, 0.3) is 10.0 Å². The third-order valence-electron chi connectivity index (χ3n) is 6.37. The van der Waals surface area contributed by atoms with Crippen LogP contribution in [0.25, 0.3) is 0 Å². The summed E-state index contributed by atoms with van der Waals surface area (Å²) in [5.41, 5.74) is -2.98. The Bertz CT molecular complexity index is 1430. The summed E-state index contributed by atoms with van der Waals surface area (Å²) in [4.78, 5) is 24.3. The number of anilines is 2. The van der Waals surface area contributed by atoms with E-state index in [9.17, 15) is 35.6 Å². The molecule has 0 aliphatic carbocycles. The second kappa shape index (κ2) is 11.5. The summed E-state index contributed by atoms with van der Waals surface area (Å²) in [6.45, 7) is 1.38. The number of halogens is 5. The van der Waals surface area contributed by atoms with E-state index in [0.29, 0.717) is 26.9 Å². The van der Waals surface area contributed by atoms with E-state index >= 15 is 0 Å². The predicted molar refractivity (Wildman–Crippen MR) is 139 cm³/mol. The second-order valence-electron chi connectivity index (χ2n) is 9.80. The van der Waals surface area contributed by atoms with E-state index in [2.05, 4.69) is 15.4 Å². The number of nitrogens with zero attached hydrogens (tertiary/aromatic N) is 1. The van der Waals surface area contributed by atoms with E-state index in [1.165, 1.54) is 18.2 Å². The maximum Gasteiger partial charge on any atom is 0.427 e. The first-order valence-corrected chi connectivity index (χ1v) is 14.1. The zero-order chi connectivity index (χ0) is 30.2. The number of carbonyl (C=O) groups excluding carboxylic acids is 2. The van der Waals surface area contributed by atoms with Crippen molar-refractivity contribution < 1.29 is 49.8 Å². The number of amides is 2. The molecular weight excluding hydrogens is 598 g/mol. The van der Waals surface area contributed by atoms with E-state index in [4.69, 9.17) is 21.1 Å². The molecule has 0 bridgehead atoms. The lowest BCUT2D eigenvalue weighted by Crippen LogP contribution is -2.49. The molecule has 2 heterocycles. The van der Waals surface area contributed by atoms with Gasteiger partial charge in [-0.05, 0) is 63.1 Å². The van der Waals surface area contributed by atoms with Crippen LogP contribution >= 0.6 is 11.6 Å². The predicted octanol–water partition coefficient (Wildman–Crippen LogP) is 4.62. The zero-order valence-electron chi connectivity index (χ0n) is 21.8. The van der Waals surface area contributed by atoms with Crippen molar-refractivity contribution in [3.63, 3.8) is 0 Å². The number of hydrogen-bond donors (Lipinski definition) is 2. The second-order valence-corrected chi connectivity index (χ2v) is 12.1. The normalized spacial score (nSPS) is 19.2. The van der Waals surface area contributed by atoms with Crippen molar-refractivity contribution in [3.05, 3.63) is 47.2 Å². The van der Waals surface area contributed by atoms with Crippen LogP contribution in [0.4, 0.5) is 33.7 Å². The van der Waals surface area contributed by atoms with Gasteiger partial charge in [-0.15, -0.1) is 0 Å². The first-order chi connectivity index (χ1) is 19.1. The Morgan fingerprint density at radius 2 is 1.90 bits per heavy atom. The minimum absolute atomic E-state index is 0.0268. The zero-order valence-corrected chi connectivity index (χ0v) is 23.3. The minimum atomic E-state index is -4.84. The number of alkyl halides is 3. The van der Waals surface area contributed by atoms with Gasteiger partial charge in [-0.3, -0.25) is 14.4 Å². The van der Waals surface area contributed by atoms with Gasteiger partial charge in [-0.25, -0.2) is 17.6 Å². The number of ether oxygens (including phenoxy) is 3. The van der Waals surface area contributed by atoms with Crippen molar-refractivity contribution in [1.82, 2.24) is 5.32 Å². The highest BCUT2D eigenvalue weighted by molar-refractivity contribution is 7.92. The standard InChI is InChI=1S/C25H26ClF4N3O7S/c1-24(2,25(28,29)30)40-23(35)32-14-5-8-20-19(10-14)33(41(36,37)16-6-7-18(27)17(26)11-16)13-15(39-20)12-31-22(34)21-4-3-9-38-21/h5-8,10-11,15,21H,3-4,9,12-13H2,1-2H3,(H,31,34)(H,32,35)/t15-,21?/m0/s1. The van der Waals surface area contributed by atoms with E-state index in [1.54, 1.807) is 0 Å². The van der Waals surface area contributed by atoms with E-state index in [1.807, 2.05) is 0 Å². The lowest BCUT2D eigenvalue weighted by Gasteiger charge is -2.36. The summed E-state index contributed by atoms with van der Waals surface area (Å²) in [5, 5.41) is 4.39. The average Bonchev–Trinajstić information content (AvgIpc) is 3.42. The quantitative estimate of drug-likeness (QED) is 0.432. The highest BCUT2D eigenvalue weighted by Crippen LogP contribution is 2.40. The van der Waals surface area contributed by atoms with Gasteiger partial charge in [-0.2, -0.15) is 13.2 Å². The molecule has 224 valence electrons. The Morgan fingerprint density at radius 3 is 2.54 bits per heavy atom. The first kappa shape index (κ1) is 30.7. The van der Waals surface area contributed by atoms with Crippen LogP contribution in [0.1, 0.15) is 26.7 Å². The molecule has 10 nitrogen and oxygen atoms in total. The molecule has 0 spiro atoms. The number of rotatable bonds is 7. The number of hydrogen-bond acceptors (Lipinski definition) is 7. The van der Waals surface area contributed by atoms with Crippen LogP contribution in [-0.4, -0.2) is 64.1 Å². The van der Waals surface area contributed by atoms with Gasteiger partial charge < -0.3 is 19.5 Å². The Kier molecular flexibility index (Phi) is 8.62. The summed E-state index contributed by atoms with van der Waals surface area (Å²) in [7, 11) is -4.42. The molecule has 2 amide bonds. The van der Waals surface area contributed by atoms with Crippen LogP contribution in [0.15, 0.2) is 41.3 Å². The van der Waals surface area contributed by atoms with Crippen LogP contribution in [0.3, 0.4) is 0 Å². The molecule has 2 aromatic carbocycles. The largest absolute Gasteiger partial charge is 0.484 e. The molecule has 0 saturated carbocycles. The molecule has 2 N–H and O–H groups in total. The van der Waals surface area contributed by atoms with Crippen molar-refractivity contribution in [2.24, 2.45) is 0 Å². The van der Waals surface area contributed by atoms with Gasteiger partial charge in [0.05, 0.1) is 28.7 Å². The lowest BCUT2D eigenvalue weighted by molar-refractivity contribution is -0.242. The Labute approximate surface area is 237 Å². The van der Waals surface area contributed by atoms with Crippen molar-refractivity contribution in [2.75, 3.05) is 29.3 Å². The SMILES string of the molecule is CC(C)(OC(=O)Nc1ccc2c(c1)N(S(=O)(=O)c1ccc(F)c(Cl)c1)C[C@H](CNC(=O)C1CCCO1)O2)C(F)(F)F. The molecule has 1 saturated heterocycles. The van der Waals surface area contributed by atoms with Gasteiger partial charge in [0.15, 0.2) is 0 Å². The van der Waals surface area contributed by atoms with Gasteiger partial charge in [0, 0.05) is 12.3 Å². The van der Waals surface area contributed by atoms with Gasteiger partial charge >= 0.3 is 12.3 Å². The summed E-state index contributed by atoms with van der Waals surface area (Å²) >= 11 is 5.82. The topological polar surface area (TPSA) is 123 Å². The fourth-order valence-electron chi connectivity index (χ4n) is 4.03. The van der Waals surface area contributed by atoms with Crippen LogP contribution in [0.2, 0.25) is 5.02 Å². The summed E-state index contributed by atoms with van der Waals surface area (Å²) in [6.07, 6.45) is -6.50. The molecule has 0 aromatic heterocycles. The monoisotopic (exact) mass is 623 g/mol. The highest BCUT2D eigenvalue weighted by Gasteiger charge is 2.51. The fourth-order valence-corrected chi connectivity index (χ4v) is 5.80. The number of fused-ring (bicyclic) bond motifs is 1. The van der Waals surface area contributed by atoms with E-state index in [0.717, 1.165) is 28.9 Å². The molecule has 1 unspecified atom stereocenters. The first-order valence-electron chi connectivity index (χ1n) is 12.3. The number of carbonyl (C=O) groups is 2. The van der Waals surface area contributed by atoms with E-state index < -0.39 is 50.9 Å². The molecule has 2 aliphatic heterocycles. The van der Waals surface area contributed by atoms with Crippen LogP contribution in [0, 0.1) is 5.82 Å². The molecule has 0 radical (unpaired) electrons. The Morgan fingerprint density at radius 1 is 1.17 bits per heavy atom. The molecule has 2 aromatic rings. The van der Waals surface area contributed by atoms with Crippen molar-refractivity contribution in [3.8, 4) is 5.75 Å². The maximum absolute atomic E-state index is 13.8. The van der Waals surface area contributed by atoms with Gasteiger partial charge in [0.2, 0.25) is 11.5 Å². The summed E-state index contributed by atoms with van der Waals surface area (Å²) in [6, 6.07) is 6.56. The number of benzene rings is 2. The average molecular weight is 624 g/mol. The summed E-state index contributed by atoms with van der Waals surface area (Å²) in [5.74, 6) is -1.19. The Balaban J connectivity index is 1.62. The smallest absolute Gasteiger partial charge is 0.427 e.